The lowest BCUT2D eigenvalue weighted by Gasteiger charge is -2.12. The van der Waals surface area contributed by atoms with Gasteiger partial charge in [0.15, 0.2) is 34.0 Å². The summed E-state index contributed by atoms with van der Waals surface area (Å²) in [4.78, 5) is 12.6. The van der Waals surface area contributed by atoms with Crippen LogP contribution < -0.4 is 24.4 Å². The quantitative estimate of drug-likeness (QED) is 0.156. The molecule has 39 heavy (non-hydrogen) atoms. The zero-order chi connectivity index (χ0) is 27.6. The molecule has 0 aliphatic heterocycles. The molecule has 0 fully saturated rings. The largest absolute Gasteiger partial charge is 0.493 e. The molecule has 10 nitrogen and oxygen atoms in total. The molecule has 202 valence electrons. The van der Waals surface area contributed by atoms with E-state index in [-0.39, 0.29) is 11.7 Å². The van der Waals surface area contributed by atoms with Crippen molar-refractivity contribution >= 4 is 23.9 Å². The van der Waals surface area contributed by atoms with Gasteiger partial charge in [-0.25, -0.2) is 5.43 Å². The van der Waals surface area contributed by atoms with Crippen molar-refractivity contribution in [2.45, 2.75) is 12.1 Å². The Labute approximate surface area is 231 Å². The summed E-state index contributed by atoms with van der Waals surface area (Å²) < 4.78 is 23.6. The minimum absolute atomic E-state index is 0.0842. The fraction of sp³-hybridized carbons (Fsp3) is 0.214. The zero-order valence-electron chi connectivity index (χ0n) is 22.1. The lowest BCUT2D eigenvalue weighted by molar-refractivity contribution is -0.118. The molecule has 0 atom stereocenters. The summed E-state index contributed by atoms with van der Waals surface area (Å²) in [6.07, 6.45) is 1.54. The minimum Gasteiger partial charge on any atom is -0.493 e. The van der Waals surface area contributed by atoms with E-state index in [9.17, 15) is 4.79 Å². The van der Waals surface area contributed by atoms with E-state index in [1.165, 1.54) is 11.8 Å². The van der Waals surface area contributed by atoms with Crippen LogP contribution in [0.2, 0.25) is 0 Å². The van der Waals surface area contributed by atoms with Crippen LogP contribution >= 0.6 is 11.8 Å². The first-order valence-electron chi connectivity index (χ1n) is 12.1. The summed E-state index contributed by atoms with van der Waals surface area (Å²) in [5, 5.41) is 13.4. The number of hydrogen-bond donors (Lipinski definition) is 1. The smallest absolute Gasteiger partial charge is 0.250 e. The molecule has 0 aliphatic rings. The van der Waals surface area contributed by atoms with Gasteiger partial charge in [-0.3, -0.25) is 9.36 Å². The number of para-hydroxylation sites is 1. The predicted molar refractivity (Wildman–Crippen MR) is 151 cm³/mol. The van der Waals surface area contributed by atoms with Gasteiger partial charge < -0.3 is 18.9 Å². The van der Waals surface area contributed by atoms with Crippen molar-refractivity contribution in [1.82, 2.24) is 20.2 Å². The Morgan fingerprint density at radius 1 is 0.923 bits per heavy atom. The highest BCUT2D eigenvalue weighted by Crippen LogP contribution is 2.34. The fourth-order valence-electron chi connectivity index (χ4n) is 3.72. The average molecular weight is 548 g/mol. The molecule has 4 aromatic rings. The number of aromatic nitrogens is 3. The maximum Gasteiger partial charge on any atom is 0.250 e. The first-order chi connectivity index (χ1) is 19.1. The second-order valence-corrected chi connectivity index (χ2v) is 8.91. The molecule has 1 aromatic heterocycles. The van der Waals surface area contributed by atoms with E-state index in [0.717, 1.165) is 16.8 Å². The first-order valence-corrected chi connectivity index (χ1v) is 13.0. The first kappa shape index (κ1) is 27.5. The molecule has 11 heteroatoms. The van der Waals surface area contributed by atoms with Crippen molar-refractivity contribution < 1.29 is 23.7 Å². The molecule has 0 aliphatic carbocycles. The summed E-state index contributed by atoms with van der Waals surface area (Å²) in [6.45, 7) is 2.44. The maximum atomic E-state index is 12.6. The highest BCUT2D eigenvalue weighted by Gasteiger charge is 2.18. The van der Waals surface area contributed by atoms with Gasteiger partial charge in [-0.2, -0.15) is 5.10 Å². The second kappa shape index (κ2) is 13.3. The van der Waals surface area contributed by atoms with E-state index < -0.39 is 0 Å². The number of thioether (sulfide) groups is 1. The SMILES string of the molecule is CCOc1ccc(/C=N/NC(=O)CSc2nnc(-c3ccc(OC)c(OC)c3)n2-c2ccccc2)cc1OC. The Balaban J connectivity index is 1.49. The van der Waals surface area contributed by atoms with Crippen molar-refractivity contribution in [3.63, 3.8) is 0 Å². The van der Waals surface area contributed by atoms with Gasteiger partial charge in [0.1, 0.15) is 0 Å². The minimum atomic E-state index is -0.288. The molecule has 1 N–H and O–H groups in total. The number of benzene rings is 3. The van der Waals surface area contributed by atoms with E-state index in [0.29, 0.717) is 40.6 Å². The third kappa shape index (κ3) is 6.68. The molecule has 1 amide bonds. The highest BCUT2D eigenvalue weighted by molar-refractivity contribution is 7.99. The fourth-order valence-corrected chi connectivity index (χ4v) is 4.46. The topological polar surface area (TPSA) is 109 Å². The lowest BCUT2D eigenvalue weighted by Crippen LogP contribution is -2.20. The van der Waals surface area contributed by atoms with Crippen LogP contribution in [0, 0.1) is 0 Å². The Bertz CT molecular complexity index is 1440. The number of nitrogens with zero attached hydrogens (tertiary/aromatic N) is 4. The normalized spacial score (nSPS) is 10.9. The van der Waals surface area contributed by atoms with Gasteiger partial charge in [0.05, 0.1) is 39.9 Å². The van der Waals surface area contributed by atoms with Crippen LogP contribution in [0.5, 0.6) is 23.0 Å². The number of carbonyl (C=O) groups is 1. The Hall–Kier alpha value is -4.51. The van der Waals surface area contributed by atoms with Crippen LogP contribution in [-0.2, 0) is 4.79 Å². The number of carbonyl (C=O) groups excluding carboxylic acids is 1. The molecule has 0 saturated carbocycles. The van der Waals surface area contributed by atoms with E-state index in [2.05, 4.69) is 20.7 Å². The van der Waals surface area contributed by atoms with Gasteiger partial charge in [0.2, 0.25) is 0 Å². The van der Waals surface area contributed by atoms with Crippen LogP contribution in [0.25, 0.3) is 17.1 Å². The number of hydrogen-bond acceptors (Lipinski definition) is 9. The van der Waals surface area contributed by atoms with E-state index in [1.807, 2.05) is 66.1 Å². The molecule has 0 bridgehead atoms. The van der Waals surface area contributed by atoms with Crippen LogP contribution in [0.1, 0.15) is 12.5 Å². The summed E-state index contributed by atoms with van der Waals surface area (Å²) in [5.41, 5.74) is 4.96. The summed E-state index contributed by atoms with van der Waals surface area (Å²) >= 11 is 1.25. The molecular formula is C28H29N5O5S. The summed E-state index contributed by atoms with van der Waals surface area (Å²) in [7, 11) is 4.74. The Morgan fingerprint density at radius 3 is 2.36 bits per heavy atom. The van der Waals surface area contributed by atoms with Gasteiger partial charge in [-0.1, -0.05) is 30.0 Å². The van der Waals surface area contributed by atoms with Crippen LogP contribution in [0.4, 0.5) is 0 Å². The number of nitrogens with one attached hydrogen (secondary N) is 1. The van der Waals surface area contributed by atoms with E-state index in [1.54, 1.807) is 39.7 Å². The predicted octanol–water partition coefficient (Wildman–Crippen LogP) is 4.60. The monoisotopic (exact) mass is 547 g/mol. The summed E-state index contributed by atoms with van der Waals surface area (Å²) in [6, 6.07) is 20.7. The van der Waals surface area contributed by atoms with E-state index in [4.69, 9.17) is 18.9 Å². The van der Waals surface area contributed by atoms with Crippen LogP contribution in [0.15, 0.2) is 77.0 Å². The second-order valence-electron chi connectivity index (χ2n) is 7.97. The number of amides is 1. The number of hydrazone groups is 1. The number of ether oxygens (including phenoxy) is 4. The van der Waals surface area contributed by atoms with Crippen LogP contribution in [-0.4, -0.2) is 60.6 Å². The molecule has 0 spiro atoms. The maximum absolute atomic E-state index is 12.6. The third-order valence-electron chi connectivity index (χ3n) is 5.51. The standard InChI is InChI=1S/C28H29N5O5S/c1-5-38-23-13-11-19(15-24(23)36-3)17-29-30-26(34)18-39-28-32-31-27(33(28)21-9-7-6-8-10-21)20-12-14-22(35-2)25(16-20)37-4/h6-17H,5,18H2,1-4H3,(H,30,34)/b29-17+. The summed E-state index contributed by atoms with van der Waals surface area (Å²) in [5.74, 6) is 2.83. The third-order valence-corrected chi connectivity index (χ3v) is 6.44. The molecule has 0 radical (unpaired) electrons. The van der Waals surface area contributed by atoms with Crippen molar-refractivity contribution in [1.29, 1.82) is 0 Å². The number of methoxy groups -OCH3 is 3. The van der Waals surface area contributed by atoms with E-state index >= 15 is 0 Å². The lowest BCUT2D eigenvalue weighted by atomic mass is 10.2. The van der Waals surface area contributed by atoms with Gasteiger partial charge in [-0.05, 0) is 61.0 Å². The zero-order valence-corrected chi connectivity index (χ0v) is 22.9. The molecular weight excluding hydrogens is 518 g/mol. The Morgan fingerprint density at radius 2 is 1.64 bits per heavy atom. The molecule has 0 unspecified atom stereocenters. The molecule has 1 heterocycles. The Kier molecular flexibility index (Phi) is 9.41. The van der Waals surface area contributed by atoms with Gasteiger partial charge in [-0.15, -0.1) is 10.2 Å². The highest BCUT2D eigenvalue weighted by atomic mass is 32.2. The van der Waals surface area contributed by atoms with Gasteiger partial charge in [0.25, 0.3) is 5.91 Å². The van der Waals surface area contributed by atoms with Crippen molar-refractivity contribution in [2.24, 2.45) is 5.10 Å². The van der Waals surface area contributed by atoms with Gasteiger partial charge >= 0.3 is 0 Å². The van der Waals surface area contributed by atoms with Crippen molar-refractivity contribution in [2.75, 3.05) is 33.7 Å². The molecule has 3 aromatic carbocycles. The van der Waals surface area contributed by atoms with Crippen LogP contribution in [0.3, 0.4) is 0 Å². The van der Waals surface area contributed by atoms with Gasteiger partial charge in [0, 0.05) is 11.3 Å². The molecule has 0 saturated heterocycles. The number of rotatable bonds is 12. The molecule has 4 rings (SSSR count). The van der Waals surface area contributed by atoms with Crippen molar-refractivity contribution in [3.8, 4) is 40.1 Å². The van der Waals surface area contributed by atoms with Crippen molar-refractivity contribution in [3.05, 3.63) is 72.3 Å². The average Bonchev–Trinajstić information content (AvgIpc) is 3.41.